The molecule has 0 saturated heterocycles. The van der Waals surface area contributed by atoms with E-state index in [0.29, 0.717) is 28.4 Å². The summed E-state index contributed by atoms with van der Waals surface area (Å²) in [4.78, 5) is 12.4. The molecule has 6 nitrogen and oxygen atoms in total. The van der Waals surface area contributed by atoms with Gasteiger partial charge in [-0.2, -0.15) is 0 Å². The molecule has 124 valence electrons. The Balaban J connectivity index is 2.24. The van der Waals surface area contributed by atoms with E-state index < -0.39 is 0 Å². The van der Waals surface area contributed by atoms with E-state index in [1.54, 1.807) is 25.3 Å². The van der Waals surface area contributed by atoms with Crippen LogP contribution in [-0.4, -0.2) is 26.4 Å². The highest BCUT2D eigenvalue weighted by molar-refractivity contribution is 5.83. The van der Waals surface area contributed by atoms with Crippen LogP contribution in [0, 0.1) is 0 Å². The van der Waals surface area contributed by atoms with Crippen LogP contribution in [0.2, 0.25) is 0 Å². The molecule has 0 saturated carbocycles. The minimum atomic E-state index is -0.276. The van der Waals surface area contributed by atoms with Crippen molar-refractivity contribution in [2.75, 3.05) is 21.3 Å². The van der Waals surface area contributed by atoms with E-state index in [9.17, 15) is 9.90 Å². The number of benzene rings is 2. The summed E-state index contributed by atoms with van der Waals surface area (Å²) < 4.78 is 21.4. The first kappa shape index (κ1) is 15.7. The normalized spacial score (nSPS) is 10.6. The van der Waals surface area contributed by atoms with Crippen LogP contribution in [0.3, 0.4) is 0 Å². The van der Waals surface area contributed by atoms with Crippen molar-refractivity contribution >= 4 is 11.0 Å². The van der Waals surface area contributed by atoms with E-state index in [1.807, 2.05) is 0 Å². The fourth-order valence-electron chi connectivity index (χ4n) is 2.47. The molecule has 0 fully saturated rings. The molecular formula is C18H16O6. The van der Waals surface area contributed by atoms with Gasteiger partial charge >= 0.3 is 0 Å². The van der Waals surface area contributed by atoms with E-state index in [-0.39, 0.29) is 22.3 Å². The highest BCUT2D eigenvalue weighted by Gasteiger charge is 2.14. The van der Waals surface area contributed by atoms with Crippen LogP contribution in [0.15, 0.2) is 45.6 Å². The van der Waals surface area contributed by atoms with Crippen LogP contribution in [0.1, 0.15) is 0 Å². The molecule has 3 aromatic rings. The van der Waals surface area contributed by atoms with E-state index in [2.05, 4.69) is 0 Å². The molecule has 24 heavy (non-hydrogen) atoms. The summed E-state index contributed by atoms with van der Waals surface area (Å²) >= 11 is 0. The summed E-state index contributed by atoms with van der Waals surface area (Å²) in [5, 5.41) is 10.1. The lowest BCUT2D eigenvalue weighted by Gasteiger charge is -2.11. The van der Waals surface area contributed by atoms with Crippen LogP contribution >= 0.6 is 0 Å². The monoisotopic (exact) mass is 328 g/mol. The lowest BCUT2D eigenvalue weighted by Crippen LogP contribution is -2.01. The molecule has 0 radical (unpaired) electrons. The zero-order valence-corrected chi connectivity index (χ0v) is 13.5. The first-order chi connectivity index (χ1) is 11.6. The zero-order chi connectivity index (χ0) is 17.3. The number of fused-ring (bicyclic) bond motifs is 1. The molecule has 0 aliphatic carbocycles. The molecule has 3 rings (SSSR count). The molecule has 1 heterocycles. The van der Waals surface area contributed by atoms with Crippen LogP contribution in [-0.2, 0) is 0 Å². The number of methoxy groups -OCH3 is 3. The number of hydrogen-bond acceptors (Lipinski definition) is 6. The minimum absolute atomic E-state index is 0.118. The number of ether oxygens (including phenoxy) is 3. The predicted molar refractivity (Wildman–Crippen MR) is 89.2 cm³/mol. The zero-order valence-electron chi connectivity index (χ0n) is 13.5. The third-order valence-electron chi connectivity index (χ3n) is 3.70. The van der Waals surface area contributed by atoms with Crippen molar-refractivity contribution in [1.29, 1.82) is 0 Å². The predicted octanol–water partition coefficient (Wildman–Crippen LogP) is 3.19. The van der Waals surface area contributed by atoms with Crippen LogP contribution in [0.5, 0.6) is 23.0 Å². The third-order valence-corrected chi connectivity index (χ3v) is 3.70. The molecule has 1 aromatic heterocycles. The van der Waals surface area contributed by atoms with E-state index in [4.69, 9.17) is 18.6 Å². The molecule has 6 heteroatoms. The van der Waals surface area contributed by atoms with Gasteiger partial charge in [0, 0.05) is 18.2 Å². The Morgan fingerprint density at radius 2 is 1.67 bits per heavy atom. The number of phenolic OH excluding ortho intramolecular Hbond substituents is 1. The number of hydrogen-bond donors (Lipinski definition) is 1. The molecule has 1 N–H and O–H groups in total. The molecule has 0 amide bonds. The highest BCUT2D eigenvalue weighted by atomic mass is 16.5. The van der Waals surface area contributed by atoms with Gasteiger partial charge in [-0.15, -0.1) is 0 Å². The van der Waals surface area contributed by atoms with Crippen molar-refractivity contribution < 1.29 is 23.7 Å². The summed E-state index contributed by atoms with van der Waals surface area (Å²) in [5.74, 6) is 1.60. The maximum absolute atomic E-state index is 12.4. The molecule has 0 unspecified atom stereocenters. The summed E-state index contributed by atoms with van der Waals surface area (Å²) in [6, 6.07) is 9.37. The Labute approximate surface area is 137 Å². The van der Waals surface area contributed by atoms with Gasteiger partial charge in [-0.1, -0.05) is 0 Å². The van der Waals surface area contributed by atoms with Gasteiger partial charge in [0.25, 0.3) is 0 Å². The fourth-order valence-corrected chi connectivity index (χ4v) is 2.47. The van der Waals surface area contributed by atoms with Gasteiger partial charge in [0.05, 0.1) is 32.3 Å². The second kappa shape index (κ2) is 6.16. The van der Waals surface area contributed by atoms with Crippen molar-refractivity contribution in [2.24, 2.45) is 0 Å². The van der Waals surface area contributed by atoms with Crippen LogP contribution in [0.4, 0.5) is 0 Å². The Kier molecular flexibility index (Phi) is 4.04. The molecule has 0 spiro atoms. The molecule has 2 aromatic carbocycles. The summed E-state index contributed by atoms with van der Waals surface area (Å²) in [5.41, 5.74) is 0.649. The minimum Gasteiger partial charge on any atom is -0.504 e. The Morgan fingerprint density at radius 1 is 0.917 bits per heavy atom. The first-order valence-corrected chi connectivity index (χ1v) is 7.14. The maximum Gasteiger partial charge on any atom is 0.193 e. The smallest absolute Gasteiger partial charge is 0.193 e. The number of rotatable bonds is 4. The lowest BCUT2D eigenvalue weighted by atomic mass is 10.1. The van der Waals surface area contributed by atoms with Crippen LogP contribution < -0.4 is 19.6 Å². The third kappa shape index (κ3) is 2.62. The maximum atomic E-state index is 12.4. The Bertz CT molecular complexity index is 958. The van der Waals surface area contributed by atoms with Gasteiger partial charge in [0.1, 0.15) is 22.8 Å². The topological polar surface area (TPSA) is 78.1 Å². The quantitative estimate of drug-likeness (QED) is 0.792. The number of aromatic hydroxyl groups is 1. The Morgan fingerprint density at radius 3 is 2.33 bits per heavy atom. The largest absolute Gasteiger partial charge is 0.504 e. The van der Waals surface area contributed by atoms with Gasteiger partial charge in [-0.3, -0.25) is 4.79 Å². The van der Waals surface area contributed by atoms with Gasteiger partial charge in [0.2, 0.25) is 0 Å². The summed E-state index contributed by atoms with van der Waals surface area (Å²) in [6.45, 7) is 0. The average molecular weight is 328 g/mol. The van der Waals surface area contributed by atoms with Gasteiger partial charge in [-0.25, -0.2) is 0 Å². The Hall–Kier alpha value is -3.15. The van der Waals surface area contributed by atoms with E-state index >= 15 is 0 Å². The van der Waals surface area contributed by atoms with Crippen molar-refractivity contribution in [3.8, 4) is 34.3 Å². The molecule has 0 aliphatic heterocycles. The lowest BCUT2D eigenvalue weighted by molar-refractivity contribution is 0.373. The van der Waals surface area contributed by atoms with E-state index in [1.165, 1.54) is 32.4 Å². The standard InChI is InChI=1S/C18H16O6/c1-21-10-4-5-11(15(6-10)22-2)16-8-13(19)12-7-14(20)18(23-3)9-17(12)24-16/h4-9,20H,1-3H3. The first-order valence-electron chi connectivity index (χ1n) is 7.14. The van der Waals surface area contributed by atoms with Crippen LogP contribution in [0.25, 0.3) is 22.3 Å². The van der Waals surface area contributed by atoms with E-state index in [0.717, 1.165) is 0 Å². The number of phenols is 1. The summed E-state index contributed by atoms with van der Waals surface area (Å²) in [7, 11) is 4.51. The van der Waals surface area contributed by atoms with Gasteiger partial charge in [0.15, 0.2) is 16.9 Å². The molecule has 0 atom stereocenters. The highest BCUT2D eigenvalue weighted by Crippen LogP contribution is 2.36. The van der Waals surface area contributed by atoms with Gasteiger partial charge in [-0.05, 0) is 18.2 Å². The van der Waals surface area contributed by atoms with Crippen molar-refractivity contribution in [1.82, 2.24) is 0 Å². The van der Waals surface area contributed by atoms with Crippen molar-refractivity contribution in [2.45, 2.75) is 0 Å². The second-order valence-electron chi connectivity index (χ2n) is 5.06. The molecule has 0 bridgehead atoms. The fraction of sp³-hybridized carbons (Fsp3) is 0.167. The van der Waals surface area contributed by atoms with Gasteiger partial charge < -0.3 is 23.7 Å². The summed E-state index contributed by atoms with van der Waals surface area (Å²) in [6.07, 6.45) is 0. The van der Waals surface area contributed by atoms with Crippen molar-refractivity contribution in [3.63, 3.8) is 0 Å². The average Bonchev–Trinajstić information content (AvgIpc) is 2.61. The van der Waals surface area contributed by atoms with Crippen molar-refractivity contribution in [3.05, 3.63) is 46.6 Å². The second-order valence-corrected chi connectivity index (χ2v) is 5.06. The molecular weight excluding hydrogens is 312 g/mol. The SMILES string of the molecule is COc1ccc(-c2cc(=O)c3cc(O)c(OC)cc3o2)c(OC)c1. The molecule has 0 aliphatic rings.